The molecule has 26 heavy (non-hydrogen) atoms. The number of aliphatic hydroxyl groups is 1. The molecule has 0 spiro atoms. The second kappa shape index (κ2) is 7.11. The lowest BCUT2D eigenvalue weighted by Crippen LogP contribution is -1.84. The summed E-state index contributed by atoms with van der Waals surface area (Å²) in [5, 5.41) is 13.3. The molecule has 6 heteroatoms. The van der Waals surface area contributed by atoms with Gasteiger partial charge in [0.25, 0.3) is 5.89 Å². The molecule has 0 fully saturated rings. The van der Waals surface area contributed by atoms with E-state index in [9.17, 15) is 5.11 Å². The number of rotatable bonds is 5. The van der Waals surface area contributed by atoms with E-state index in [0.717, 1.165) is 32.4 Å². The van der Waals surface area contributed by atoms with Crippen molar-refractivity contribution in [3.05, 3.63) is 71.1 Å². The molecule has 0 atom stereocenters. The molecule has 2 heterocycles. The summed E-state index contributed by atoms with van der Waals surface area (Å²) in [6.07, 6.45) is 0. The summed E-state index contributed by atoms with van der Waals surface area (Å²) in [4.78, 5) is 6.27. The maximum atomic E-state index is 9.27. The van der Waals surface area contributed by atoms with Gasteiger partial charge in [-0.25, -0.2) is 0 Å². The van der Waals surface area contributed by atoms with Crippen molar-refractivity contribution in [2.75, 3.05) is 0 Å². The van der Waals surface area contributed by atoms with Crippen molar-refractivity contribution in [1.82, 2.24) is 10.1 Å². The fraction of sp³-hybridized carbons (Fsp3) is 0.100. The van der Waals surface area contributed by atoms with E-state index in [2.05, 4.69) is 10.1 Å². The fourth-order valence-corrected chi connectivity index (χ4v) is 3.53. The second-order valence-electron chi connectivity index (χ2n) is 5.75. The minimum Gasteiger partial charge on any atom is -0.457 e. The number of hydrogen-bond acceptors (Lipinski definition) is 6. The maximum Gasteiger partial charge on any atom is 0.258 e. The Labute approximate surface area is 154 Å². The van der Waals surface area contributed by atoms with Crippen LogP contribution in [0.2, 0.25) is 0 Å². The molecule has 0 aliphatic carbocycles. The average molecular weight is 364 g/mol. The van der Waals surface area contributed by atoms with E-state index in [-0.39, 0.29) is 6.61 Å². The first kappa shape index (κ1) is 16.5. The number of nitrogens with zero attached hydrogens (tertiary/aromatic N) is 2. The Balaban J connectivity index is 1.55. The zero-order chi connectivity index (χ0) is 17.9. The van der Waals surface area contributed by atoms with Crippen LogP contribution in [0, 0.1) is 6.92 Å². The highest BCUT2D eigenvalue weighted by atomic mass is 32.1. The molecule has 0 unspecified atom stereocenters. The van der Waals surface area contributed by atoms with Gasteiger partial charge in [0.05, 0.1) is 11.5 Å². The van der Waals surface area contributed by atoms with Gasteiger partial charge in [-0.05, 0) is 55.0 Å². The van der Waals surface area contributed by atoms with E-state index in [1.54, 1.807) is 0 Å². The summed E-state index contributed by atoms with van der Waals surface area (Å²) >= 11 is 1.47. The van der Waals surface area contributed by atoms with E-state index in [1.807, 2.05) is 67.6 Å². The smallest absolute Gasteiger partial charge is 0.258 e. The minimum absolute atomic E-state index is 0.0130. The van der Waals surface area contributed by atoms with Crippen molar-refractivity contribution in [2.45, 2.75) is 13.5 Å². The quantitative estimate of drug-likeness (QED) is 0.536. The second-order valence-corrected chi connectivity index (χ2v) is 6.88. The molecule has 2 aromatic heterocycles. The molecule has 0 saturated heterocycles. The van der Waals surface area contributed by atoms with Gasteiger partial charge >= 0.3 is 0 Å². The van der Waals surface area contributed by atoms with Gasteiger partial charge in [0.2, 0.25) is 5.82 Å². The Morgan fingerprint density at radius 1 is 1.04 bits per heavy atom. The number of para-hydroxylation sites is 1. The summed E-state index contributed by atoms with van der Waals surface area (Å²) < 4.78 is 11.2. The molecule has 130 valence electrons. The highest BCUT2D eigenvalue weighted by molar-refractivity contribution is 7.15. The van der Waals surface area contributed by atoms with Crippen molar-refractivity contribution in [2.24, 2.45) is 0 Å². The van der Waals surface area contributed by atoms with Gasteiger partial charge in [-0.1, -0.05) is 23.4 Å². The Morgan fingerprint density at radius 3 is 2.46 bits per heavy atom. The number of aliphatic hydroxyl groups excluding tert-OH is 1. The molecular formula is C20H16N2O3S. The largest absolute Gasteiger partial charge is 0.457 e. The zero-order valence-electron chi connectivity index (χ0n) is 14.0. The van der Waals surface area contributed by atoms with E-state index in [0.29, 0.717) is 11.7 Å². The summed E-state index contributed by atoms with van der Waals surface area (Å²) in [6.45, 7) is 1.98. The van der Waals surface area contributed by atoms with E-state index in [1.165, 1.54) is 11.3 Å². The highest BCUT2D eigenvalue weighted by Gasteiger charge is 2.15. The highest BCUT2D eigenvalue weighted by Crippen LogP contribution is 2.32. The molecule has 4 aromatic rings. The maximum absolute atomic E-state index is 9.27. The Bertz CT molecular complexity index is 1010. The number of thiophene rings is 1. The third-order valence-corrected chi connectivity index (χ3v) is 5.05. The molecular weight excluding hydrogens is 348 g/mol. The van der Waals surface area contributed by atoms with Crippen LogP contribution in [0.15, 0.2) is 65.2 Å². The van der Waals surface area contributed by atoms with Crippen LogP contribution in [0.1, 0.15) is 10.4 Å². The molecule has 2 aromatic carbocycles. The molecule has 1 N–H and O–H groups in total. The average Bonchev–Trinajstić information content (AvgIpc) is 3.30. The topological polar surface area (TPSA) is 68.4 Å². The number of ether oxygens (including phenoxy) is 1. The number of benzene rings is 2. The van der Waals surface area contributed by atoms with Crippen molar-refractivity contribution in [3.8, 4) is 33.7 Å². The van der Waals surface area contributed by atoms with Crippen LogP contribution in [0.5, 0.6) is 11.5 Å². The van der Waals surface area contributed by atoms with Crippen LogP contribution in [0.4, 0.5) is 0 Å². The Kier molecular flexibility index (Phi) is 4.51. The van der Waals surface area contributed by atoms with E-state index >= 15 is 0 Å². The monoisotopic (exact) mass is 364 g/mol. The molecule has 0 aliphatic heterocycles. The van der Waals surface area contributed by atoms with Crippen molar-refractivity contribution in [3.63, 3.8) is 0 Å². The zero-order valence-corrected chi connectivity index (χ0v) is 14.9. The van der Waals surface area contributed by atoms with Gasteiger partial charge in [0.1, 0.15) is 11.5 Å². The van der Waals surface area contributed by atoms with Gasteiger partial charge in [-0.15, -0.1) is 11.3 Å². The predicted molar refractivity (Wildman–Crippen MR) is 100 cm³/mol. The van der Waals surface area contributed by atoms with Crippen molar-refractivity contribution < 1.29 is 14.4 Å². The first-order chi connectivity index (χ1) is 12.7. The molecule has 0 aliphatic rings. The number of aryl methyl sites for hydroxylation is 1. The number of hydrogen-bond donors (Lipinski definition) is 1. The molecule has 4 rings (SSSR count). The summed E-state index contributed by atoms with van der Waals surface area (Å²) in [5.74, 6) is 2.51. The first-order valence-corrected chi connectivity index (χ1v) is 8.92. The lowest BCUT2D eigenvalue weighted by atomic mass is 10.2. The van der Waals surface area contributed by atoms with Gasteiger partial charge < -0.3 is 14.4 Å². The number of aromatic nitrogens is 2. The summed E-state index contributed by atoms with van der Waals surface area (Å²) in [7, 11) is 0. The van der Waals surface area contributed by atoms with Crippen LogP contribution in [-0.4, -0.2) is 15.2 Å². The first-order valence-electron chi connectivity index (χ1n) is 8.10. The Hall–Kier alpha value is -2.96. The lowest BCUT2D eigenvalue weighted by molar-refractivity contribution is 0.285. The van der Waals surface area contributed by atoms with Crippen LogP contribution in [-0.2, 0) is 6.61 Å². The lowest BCUT2D eigenvalue weighted by Gasteiger charge is -2.05. The molecule has 0 bridgehead atoms. The summed E-state index contributed by atoms with van der Waals surface area (Å²) in [5.41, 5.74) is 1.85. The molecule has 0 radical (unpaired) electrons. The molecule has 0 amide bonds. The van der Waals surface area contributed by atoms with E-state index < -0.39 is 0 Å². The normalized spacial score (nSPS) is 10.8. The third-order valence-electron chi connectivity index (χ3n) is 3.83. The fourth-order valence-electron chi connectivity index (χ4n) is 2.57. The van der Waals surface area contributed by atoms with Gasteiger partial charge in [-0.3, -0.25) is 0 Å². The van der Waals surface area contributed by atoms with Gasteiger partial charge in [-0.2, -0.15) is 4.98 Å². The molecule has 5 nitrogen and oxygen atoms in total. The van der Waals surface area contributed by atoms with Gasteiger partial charge in [0.15, 0.2) is 0 Å². The standard InChI is InChI=1S/C20H16N2O3S/c1-13-11-17(12-23)26-18(13)19-21-20(25-22-19)14-7-9-16(10-8-14)24-15-5-3-2-4-6-15/h2-11,23H,12H2,1H3. The van der Waals surface area contributed by atoms with Crippen molar-refractivity contribution in [1.29, 1.82) is 0 Å². The summed E-state index contributed by atoms with van der Waals surface area (Å²) in [6, 6.07) is 19.1. The molecule has 0 saturated carbocycles. The van der Waals surface area contributed by atoms with Crippen molar-refractivity contribution >= 4 is 11.3 Å². The van der Waals surface area contributed by atoms with Crippen LogP contribution in [0.25, 0.3) is 22.2 Å². The van der Waals surface area contributed by atoms with Gasteiger partial charge in [0, 0.05) is 10.4 Å². The van der Waals surface area contributed by atoms with E-state index in [4.69, 9.17) is 9.26 Å². The van der Waals surface area contributed by atoms with Crippen LogP contribution >= 0.6 is 11.3 Å². The third kappa shape index (κ3) is 3.37. The van der Waals surface area contributed by atoms with Crippen LogP contribution < -0.4 is 4.74 Å². The SMILES string of the molecule is Cc1cc(CO)sc1-c1noc(-c2ccc(Oc3ccccc3)cc2)n1. The predicted octanol–water partition coefficient (Wildman–Crippen LogP) is 5.06. The van der Waals surface area contributed by atoms with Crippen LogP contribution in [0.3, 0.4) is 0 Å². The minimum atomic E-state index is 0.0130. The Morgan fingerprint density at radius 2 is 1.77 bits per heavy atom.